The van der Waals surface area contributed by atoms with Gasteiger partial charge in [-0.1, -0.05) is 12.1 Å². The van der Waals surface area contributed by atoms with Crippen molar-refractivity contribution in [2.24, 2.45) is 0 Å². The van der Waals surface area contributed by atoms with Gasteiger partial charge in [0.25, 0.3) is 5.69 Å². The number of amides is 2. The van der Waals surface area contributed by atoms with E-state index in [-0.39, 0.29) is 12.2 Å². The van der Waals surface area contributed by atoms with Gasteiger partial charge in [0.1, 0.15) is 0 Å². The van der Waals surface area contributed by atoms with Crippen LogP contribution in [0.4, 0.5) is 10.5 Å². The number of rotatable bonds is 6. The van der Waals surface area contributed by atoms with Gasteiger partial charge >= 0.3 is 12.0 Å². The van der Waals surface area contributed by atoms with Gasteiger partial charge in [-0.05, 0) is 5.56 Å². The molecule has 1 rings (SSSR count). The number of nitrogens with zero attached hydrogens (tertiary/aromatic N) is 1. The first kappa shape index (κ1) is 15.4. The van der Waals surface area contributed by atoms with Crippen LogP contribution in [0.5, 0.6) is 0 Å². The first-order chi connectivity index (χ1) is 9.43. The summed E-state index contributed by atoms with van der Waals surface area (Å²) in [6.07, 6.45) is 0. The SMILES string of the molecule is O=C(NCc1cccc([N+](=O)[O-])c1)N[C@H](CO)C(=O)O. The fourth-order valence-corrected chi connectivity index (χ4v) is 1.36. The Labute approximate surface area is 113 Å². The van der Waals surface area contributed by atoms with Crippen LogP contribution in [-0.2, 0) is 11.3 Å². The van der Waals surface area contributed by atoms with E-state index in [1.807, 2.05) is 5.32 Å². The third-order valence-electron chi connectivity index (χ3n) is 2.36. The monoisotopic (exact) mass is 283 g/mol. The fourth-order valence-electron chi connectivity index (χ4n) is 1.36. The van der Waals surface area contributed by atoms with Gasteiger partial charge in [0.2, 0.25) is 0 Å². The lowest BCUT2D eigenvalue weighted by atomic mass is 10.2. The summed E-state index contributed by atoms with van der Waals surface area (Å²) < 4.78 is 0. The summed E-state index contributed by atoms with van der Waals surface area (Å²) in [4.78, 5) is 32.0. The lowest BCUT2D eigenvalue weighted by molar-refractivity contribution is -0.384. The Morgan fingerprint density at radius 1 is 1.40 bits per heavy atom. The first-order valence-electron chi connectivity index (χ1n) is 5.55. The predicted octanol–water partition coefficient (Wildman–Crippen LogP) is -0.161. The number of urea groups is 1. The maximum atomic E-state index is 11.4. The molecule has 20 heavy (non-hydrogen) atoms. The van der Waals surface area contributed by atoms with Crippen LogP contribution < -0.4 is 10.6 Å². The normalized spacial score (nSPS) is 11.4. The number of hydrogen-bond donors (Lipinski definition) is 4. The molecular formula is C11H13N3O6. The number of non-ortho nitro benzene ring substituents is 1. The number of aliphatic hydroxyl groups is 1. The number of carbonyl (C=O) groups is 2. The lowest BCUT2D eigenvalue weighted by Crippen LogP contribution is -2.47. The maximum Gasteiger partial charge on any atom is 0.328 e. The summed E-state index contributed by atoms with van der Waals surface area (Å²) in [6, 6.07) is 3.46. The van der Waals surface area contributed by atoms with Crippen LogP contribution in [0.3, 0.4) is 0 Å². The number of aliphatic carboxylic acids is 1. The van der Waals surface area contributed by atoms with Crippen molar-refractivity contribution in [1.29, 1.82) is 0 Å². The molecule has 1 atom stereocenters. The minimum absolute atomic E-state index is 0.00865. The molecule has 0 spiro atoms. The number of benzene rings is 1. The Kier molecular flexibility index (Phi) is 5.42. The van der Waals surface area contributed by atoms with E-state index < -0.39 is 29.6 Å². The third kappa shape index (κ3) is 4.53. The average Bonchev–Trinajstić information content (AvgIpc) is 2.42. The lowest BCUT2D eigenvalue weighted by Gasteiger charge is -2.12. The van der Waals surface area contributed by atoms with E-state index in [9.17, 15) is 19.7 Å². The van der Waals surface area contributed by atoms with Gasteiger partial charge in [-0.3, -0.25) is 10.1 Å². The zero-order valence-electron chi connectivity index (χ0n) is 10.3. The van der Waals surface area contributed by atoms with Gasteiger partial charge in [0, 0.05) is 18.7 Å². The van der Waals surface area contributed by atoms with Crippen LogP contribution in [0.2, 0.25) is 0 Å². The molecule has 4 N–H and O–H groups in total. The van der Waals surface area contributed by atoms with Gasteiger partial charge < -0.3 is 20.8 Å². The second-order valence-electron chi connectivity index (χ2n) is 3.83. The highest BCUT2D eigenvalue weighted by molar-refractivity contribution is 5.82. The summed E-state index contributed by atoms with van der Waals surface area (Å²) in [6.45, 7) is -0.745. The van der Waals surface area contributed by atoms with Crippen LogP contribution in [0.1, 0.15) is 5.56 Å². The zero-order chi connectivity index (χ0) is 15.1. The quantitative estimate of drug-likeness (QED) is 0.422. The van der Waals surface area contributed by atoms with Gasteiger partial charge in [-0.2, -0.15) is 0 Å². The fraction of sp³-hybridized carbons (Fsp3) is 0.273. The van der Waals surface area contributed by atoms with Crippen molar-refractivity contribution in [1.82, 2.24) is 10.6 Å². The van der Waals surface area contributed by atoms with E-state index in [1.54, 1.807) is 6.07 Å². The molecule has 0 bridgehead atoms. The van der Waals surface area contributed by atoms with E-state index in [1.165, 1.54) is 18.2 Å². The van der Waals surface area contributed by atoms with Crippen molar-refractivity contribution in [3.05, 3.63) is 39.9 Å². The second kappa shape index (κ2) is 7.04. The molecule has 2 amide bonds. The van der Waals surface area contributed by atoms with E-state index >= 15 is 0 Å². The molecular weight excluding hydrogens is 270 g/mol. The van der Waals surface area contributed by atoms with Crippen LogP contribution in [0.25, 0.3) is 0 Å². The number of nitro benzene ring substituents is 1. The first-order valence-corrected chi connectivity index (χ1v) is 5.55. The number of nitrogens with one attached hydrogen (secondary N) is 2. The molecule has 0 saturated carbocycles. The van der Waals surface area contributed by atoms with Crippen molar-refractivity contribution < 1.29 is 24.7 Å². The van der Waals surface area contributed by atoms with Gasteiger partial charge in [0.05, 0.1) is 11.5 Å². The Bertz CT molecular complexity index is 519. The summed E-state index contributed by atoms with van der Waals surface area (Å²) in [5.74, 6) is -1.36. The minimum Gasteiger partial charge on any atom is -0.480 e. The topological polar surface area (TPSA) is 142 Å². The van der Waals surface area contributed by atoms with Crippen LogP contribution in [0, 0.1) is 10.1 Å². The molecule has 9 nitrogen and oxygen atoms in total. The molecule has 108 valence electrons. The maximum absolute atomic E-state index is 11.4. The number of carbonyl (C=O) groups excluding carboxylic acids is 1. The predicted molar refractivity (Wildman–Crippen MR) is 67.0 cm³/mol. The van der Waals surface area contributed by atoms with E-state index in [0.29, 0.717) is 5.56 Å². The summed E-state index contributed by atoms with van der Waals surface area (Å²) in [7, 11) is 0. The van der Waals surface area contributed by atoms with E-state index in [2.05, 4.69) is 5.32 Å². The molecule has 9 heteroatoms. The third-order valence-corrected chi connectivity index (χ3v) is 2.36. The standard InChI is InChI=1S/C11H13N3O6/c15-6-9(10(16)17)13-11(18)12-5-7-2-1-3-8(4-7)14(19)20/h1-4,9,15H,5-6H2,(H,16,17)(H2,12,13,18)/t9-/m1/s1. The van der Waals surface area contributed by atoms with E-state index in [0.717, 1.165) is 0 Å². The number of aliphatic hydroxyl groups excluding tert-OH is 1. The minimum atomic E-state index is -1.40. The van der Waals surface area contributed by atoms with Crippen molar-refractivity contribution in [3.8, 4) is 0 Å². The van der Waals surface area contributed by atoms with Crippen molar-refractivity contribution in [3.63, 3.8) is 0 Å². The number of carboxylic acid groups (broad SMARTS) is 1. The van der Waals surface area contributed by atoms with Crippen molar-refractivity contribution in [2.75, 3.05) is 6.61 Å². The molecule has 0 saturated heterocycles. The van der Waals surface area contributed by atoms with Crippen LogP contribution in [0.15, 0.2) is 24.3 Å². The summed E-state index contributed by atoms with van der Waals surface area (Å²) >= 11 is 0. The highest BCUT2D eigenvalue weighted by Crippen LogP contribution is 2.12. The summed E-state index contributed by atoms with van der Waals surface area (Å²) in [5.41, 5.74) is 0.383. The van der Waals surface area contributed by atoms with Gasteiger partial charge in [-0.15, -0.1) is 0 Å². The number of nitro groups is 1. The highest BCUT2D eigenvalue weighted by atomic mass is 16.6. The average molecular weight is 283 g/mol. The van der Waals surface area contributed by atoms with Gasteiger partial charge in [-0.25, -0.2) is 9.59 Å². The molecule has 1 aromatic carbocycles. The van der Waals surface area contributed by atoms with Crippen molar-refractivity contribution >= 4 is 17.7 Å². The molecule has 0 aliphatic carbocycles. The largest absolute Gasteiger partial charge is 0.480 e. The number of hydrogen-bond acceptors (Lipinski definition) is 5. The molecule has 0 aliphatic rings. The smallest absolute Gasteiger partial charge is 0.328 e. The number of carboxylic acids is 1. The Balaban J connectivity index is 2.54. The second-order valence-corrected chi connectivity index (χ2v) is 3.83. The van der Waals surface area contributed by atoms with Crippen molar-refractivity contribution in [2.45, 2.75) is 12.6 Å². The Hall–Kier alpha value is -2.68. The van der Waals surface area contributed by atoms with Gasteiger partial charge in [0.15, 0.2) is 6.04 Å². The molecule has 0 unspecified atom stereocenters. The molecule has 0 radical (unpaired) electrons. The molecule has 1 aromatic rings. The summed E-state index contributed by atoms with van der Waals surface area (Å²) in [5, 5.41) is 32.3. The highest BCUT2D eigenvalue weighted by Gasteiger charge is 2.18. The molecule has 0 aromatic heterocycles. The Morgan fingerprint density at radius 3 is 2.65 bits per heavy atom. The van der Waals surface area contributed by atoms with Crippen LogP contribution >= 0.6 is 0 Å². The van der Waals surface area contributed by atoms with Crippen LogP contribution in [-0.4, -0.2) is 39.8 Å². The van der Waals surface area contributed by atoms with E-state index in [4.69, 9.17) is 10.2 Å². The Morgan fingerprint density at radius 2 is 2.10 bits per heavy atom. The molecule has 0 heterocycles. The zero-order valence-corrected chi connectivity index (χ0v) is 10.3. The molecule has 0 aliphatic heterocycles. The molecule has 0 fully saturated rings.